The lowest BCUT2D eigenvalue weighted by atomic mass is 9.97. The maximum atomic E-state index is 11.9. The number of carbonyl (C=O) groups is 2. The Hall–Kier alpha value is -1.90. The molecule has 0 aromatic rings. The highest BCUT2D eigenvalue weighted by Gasteiger charge is 2.20. The minimum atomic E-state index is -0.751. The van der Waals surface area contributed by atoms with E-state index in [1.807, 2.05) is 30.4 Å². The van der Waals surface area contributed by atoms with Gasteiger partial charge in [0.1, 0.15) is 0 Å². The second kappa shape index (κ2) is 11.6. The van der Waals surface area contributed by atoms with E-state index >= 15 is 0 Å². The number of rotatable bonds is 11. The van der Waals surface area contributed by atoms with Crippen LogP contribution in [-0.2, 0) is 9.59 Å². The number of aliphatic carboxylic acids is 1. The van der Waals surface area contributed by atoms with E-state index in [2.05, 4.69) is 13.0 Å². The topological polar surface area (TPSA) is 54.4 Å². The van der Waals surface area contributed by atoms with Gasteiger partial charge in [0, 0.05) is 17.9 Å². The van der Waals surface area contributed by atoms with Gasteiger partial charge in [-0.1, -0.05) is 56.2 Å². The van der Waals surface area contributed by atoms with Gasteiger partial charge in [0.2, 0.25) is 0 Å². The number of unbranched alkanes of at least 4 members (excludes halogenated alkanes) is 4. The summed E-state index contributed by atoms with van der Waals surface area (Å²) in [7, 11) is 0. The minimum Gasteiger partial charge on any atom is -0.481 e. The smallest absolute Gasteiger partial charge is 0.303 e. The molecule has 0 saturated carbocycles. The molecule has 1 rings (SSSR count). The molecule has 3 heteroatoms. The Morgan fingerprint density at radius 1 is 1.17 bits per heavy atom. The molecule has 0 bridgehead atoms. The zero-order chi connectivity index (χ0) is 16.9. The summed E-state index contributed by atoms with van der Waals surface area (Å²) in [5.74, 6) is -0.496. The molecule has 23 heavy (non-hydrogen) atoms. The maximum absolute atomic E-state index is 11.9. The molecule has 0 aliphatic heterocycles. The van der Waals surface area contributed by atoms with Crippen molar-refractivity contribution >= 4 is 11.8 Å². The second-order valence-electron chi connectivity index (χ2n) is 5.87. The Balaban J connectivity index is 2.38. The molecule has 0 fully saturated rings. The van der Waals surface area contributed by atoms with Crippen LogP contribution in [-0.4, -0.2) is 16.9 Å². The molecule has 3 nitrogen and oxygen atoms in total. The van der Waals surface area contributed by atoms with Crippen LogP contribution in [0, 0.1) is 5.92 Å². The molecule has 0 amide bonds. The molecule has 1 unspecified atom stereocenters. The maximum Gasteiger partial charge on any atom is 0.303 e. The average Bonchev–Trinajstić information content (AvgIpc) is 2.86. The summed E-state index contributed by atoms with van der Waals surface area (Å²) < 4.78 is 0. The Morgan fingerprint density at radius 3 is 2.70 bits per heavy atom. The molecule has 0 heterocycles. The first kappa shape index (κ1) is 19.1. The van der Waals surface area contributed by atoms with Crippen molar-refractivity contribution in [1.29, 1.82) is 0 Å². The van der Waals surface area contributed by atoms with E-state index in [9.17, 15) is 9.59 Å². The van der Waals surface area contributed by atoms with Crippen LogP contribution in [0.4, 0.5) is 0 Å². The van der Waals surface area contributed by atoms with Gasteiger partial charge in [-0.2, -0.15) is 0 Å². The van der Waals surface area contributed by atoms with Crippen molar-refractivity contribution in [1.82, 2.24) is 0 Å². The highest BCUT2D eigenvalue weighted by atomic mass is 16.4. The van der Waals surface area contributed by atoms with Gasteiger partial charge in [-0.25, -0.2) is 0 Å². The van der Waals surface area contributed by atoms with E-state index < -0.39 is 5.97 Å². The lowest BCUT2D eigenvalue weighted by molar-refractivity contribution is -0.137. The Bertz CT molecular complexity index is 495. The molecule has 126 valence electrons. The van der Waals surface area contributed by atoms with Gasteiger partial charge >= 0.3 is 5.97 Å². The zero-order valence-corrected chi connectivity index (χ0v) is 14.0. The second-order valence-corrected chi connectivity index (χ2v) is 5.87. The Labute approximate surface area is 139 Å². The van der Waals surface area contributed by atoms with Crippen LogP contribution in [0.5, 0.6) is 0 Å². The molecule has 0 spiro atoms. The SMILES string of the molecule is CCCCC/C=C\C=C1\C(=O)C=CC1C/C=C\CCCC(=O)O. The monoisotopic (exact) mass is 316 g/mol. The molecule has 1 N–H and O–H groups in total. The Kier molecular flexibility index (Phi) is 9.69. The highest BCUT2D eigenvalue weighted by Crippen LogP contribution is 2.25. The predicted octanol–water partition coefficient (Wildman–Crippen LogP) is 5.01. The van der Waals surface area contributed by atoms with Crippen molar-refractivity contribution < 1.29 is 14.7 Å². The van der Waals surface area contributed by atoms with Crippen LogP contribution in [0.1, 0.15) is 58.3 Å². The summed E-state index contributed by atoms with van der Waals surface area (Å²) in [6.45, 7) is 2.19. The fourth-order valence-electron chi connectivity index (χ4n) is 2.51. The summed E-state index contributed by atoms with van der Waals surface area (Å²) in [5.41, 5.74) is 0.854. The third-order valence-electron chi connectivity index (χ3n) is 3.87. The van der Waals surface area contributed by atoms with Crippen molar-refractivity contribution in [2.45, 2.75) is 58.3 Å². The first-order chi connectivity index (χ1) is 11.1. The quantitative estimate of drug-likeness (QED) is 0.331. The fourth-order valence-corrected chi connectivity index (χ4v) is 2.51. The molecule has 0 aromatic carbocycles. The summed E-state index contributed by atoms with van der Waals surface area (Å²) >= 11 is 0. The summed E-state index contributed by atoms with van der Waals surface area (Å²) in [6, 6.07) is 0. The number of allylic oxidation sites excluding steroid dienone is 8. The predicted molar refractivity (Wildman–Crippen MR) is 94.2 cm³/mol. The van der Waals surface area contributed by atoms with Crippen LogP contribution in [0.25, 0.3) is 0 Å². The van der Waals surface area contributed by atoms with E-state index in [1.54, 1.807) is 6.08 Å². The first-order valence-electron chi connectivity index (χ1n) is 8.61. The number of carboxylic acid groups (broad SMARTS) is 1. The summed E-state index contributed by atoms with van der Waals surface area (Å²) in [5, 5.41) is 8.57. The number of hydrogen-bond donors (Lipinski definition) is 1. The van der Waals surface area contributed by atoms with Gasteiger partial charge in [-0.05, 0) is 38.2 Å². The van der Waals surface area contributed by atoms with Crippen LogP contribution >= 0.6 is 0 Å². The molecular weight excluding hydrogens is 288 g/mol. The number of ketones is 1. The van der Waals surface area contributed by atoms with Crippen molar-refractivity contribution in [3.05, 3.63) is 48.1 Å². The van der Waals surface area contributed by atoms with Crippen molar-refractivity contribution in [3.8, 4) is 0 Å². The summed E-state index contributed by atoms with van der Waals surface area (Å²) in [6.07, 6.45) is 20.9. The molecule has 0 aromatic heterocycles. The molecule has 0 saturated heterocycles. The number of hydrogen-bond acceptors (Lipinski definition) is 2. The van der Waals surface area contributed by atoms with Crippen LogP contribution < -0.4 is 0 Å². The highest BCUT2D eigenvalue weighted by molar-refractivity contribution is 6.07. The van der Waals surface area contributed by atoms with E-state index in [4.69, 9.17) is 5.11 Å². The minimum absolute atomic E-state index is 0.104. The first-order valence-corrected chi connectivity index (χ1v) is 8.61. The van der Waals surface area contributed by atoms with Crippen molar-refractivity contribution in [3.63, 3.8) is 0 Å². The molecule has 1 aliphatic rings. The third kappa shape index (κ3) is 8.34. The van der Waals surface area contributed by atoms with Gasteiger partial charge in [0.05, 0.1) is 0 Å². The normalized spacial score (nSPS) is 19.6. The van der Waals surface area contributed by atoms with E-state index in [0.29, 0.717) is 6.42 Å². The molecule has 1 aliphatic carbocycles. The zero-order valence-electron chi connectivity index (χ0n) is 14.0. The van der Waals surface area contributed by atoms with Gasteiger partial charge in [-0.3, -0.25) is 9.59 Å². The van der Waals surface area contributed by atoms with Crippen LogP contribution in [0.3, 0.4) is 0 Å². The van der Waals surface area contributed by atoms with Crippen LogP contribution in [0.15, 0.2) is 48.1 Å². The van der Waals surface area contributed by atoms with E-state index in [-0.39, 0.29) is 18.1 Å². The van der Waals surface area contributed by atoms with Gasteiger partial charge in [0.25, 0.3) is 0 Å². The standard InChI is InChI=1S/C20H28O3/c1-2-3-4-5-6-10-13-18-17(15-16-19(18)21)12-9-7-8-11-14-20(22)23/h6-7,9-10,13,15-17H,2-5,8,11-12,14H2,1H3,(H,22,23)/b9-7-,10-6-,18-13+. The van der Waals surface area contributed by atoms with Crippen molar-refractivity contribution in [2.75, 3.05) is 0 Å². The van der Waals surface area contributed by atoms with Gasteiger partial charge in [0.15, 0.2) is 5.78 Å². The fraction of sp³-hybridized carbons (Fsp3) is 0.500. The van der Waals surface area contributed by atoms with E-state index in [1.165, 1.54) is 19.3 Å². The van der Waals surface area contributed by atoms with Gasteiger partial charge in [-0.15, -0.1) is 0 Å². The largest absolute Gasteiger partial charge is 0.481 e. The van der Waals surface area contributed by atoms with Crippen LogP contribution in [0.2, 0.25) is 0 Å². The Morgan fingerprint density at radius 2 is 1.96 bits per heavy atom. The average molecular weight is 316 g/mol. The molecule has 0 radical (unpaired) electrons. The number of carboxylic acids is 1. The van der Waals surface area contributed by atoms with E-state index in [0.717, 1.165) is 24.8 Å². The van der Waals surface area contributed by atoms with Crippen molar-refractivity contribution in [2.24, 2.45) is 5.92 Å². The molecule has 1 atom stereocenters. The third-order valence-corrected chi connectivity index (χ3v) is 3.87. The molecular formula is C20H28O3. The van der Waals surface area contributed by atoms with Gasteiger partial charge < -0.3 is 5.11 Å². The number of carbonyl (C=O) groups excluding carboxylic acids is 1. The lowest BCUT2D eigenvalue weighted by Crippen LogP contribution is -2.01. The summed E-state index contributed by atoms with van der Waals surface area (Å²) in [4.78, 5) is 22.3. The lowest BCUT2D eigenvalue weighted by Gasteiger charge is -2.06.